The fourth-order valence-electron chi connectivity index (χ4n) is 4.03. The van der Waals surface area contributed by atoms with Gasteiger partial charge in [-0.2, -0.15) is 0 Å². The van der Waals surface area contributed by atoms with Crippen molar-refractivity contribution < 1.29 is 19.5 Å². The molecule has 0 fully saturated rings. The summed E-state index contributed by atoms with van der Waals surface area (Å²) in [7, 11) is 0. The maximum absolute atomic E-state index is 13.3. The number of anilines is 1. The smallest absolute Gasteiger partial charge is 0.354 e. The fourth-order valence-corrected chi connectivity index (χ4v) is 4.20. The Labute approximate surface area is 186 Å². The van der Waals surface area contributed by atoms with Gasteiger partial charge in [0.15, 0.2) is 11.4 Å². The Morgan fingerprint density at radius 2 is 1.81 bits per heavy atom. The van der Waals surface area contributed by atoms with Crippen molar-refractivity contribution in [3.63, 3.8) is 0 Å². The predicted molar refractivity (Wildman–Crippen MR) is 117 cm³/mol. The van der Waals surface area contributed by atoms with Gasteiger partial charge < -0.3 is 9.67 Å². The Morgan fingerprint density at radius 1 is 1.06 bits per heavy atom. The van der Waals surface area contributed by atoms with Crippen LogP contribution in [-0.4, -0.2) is 37.4 Å². The van der Waals surface area contributed by atoms with E-state index in [2.05, 4.69) is 9.97 Å². The maximum atomic E-state index is 13.3. The van der Waals surface area contributed by atoms with Gasteiger partial charge in [0.1, 0.15) is 0 Å². The summed E-state index contributed by atoms with van der Waals surface area (Å²) in [5.74, 6) is -2.57. The van der Waals surface area contributed by atoms with Crippen LogP contribution in [0.25, 0.3) is 10.9 Å². The zero-order valence-electron chi connectivity index (χ0n) is 16.5. The van der Waals surface area contributed by atoms with E-state index in [0.29, 0.717) is 15.9 Å². The molecular formula is C23H15ClN4O4. The number of rotatable bonds is 4. The number of hydrogen-bond acceptors (Lipinski definition) is 5. The lowest BCUT2D eigenvalue weighted by Crippen LogP contribution is -2.44. The Hall–Kier alpha value is -4.04. The lowest BCUT2D eigenvalue weighted by Gasteiger charge is -2.25. The van der Waals surface area contributed by atoms with E-state index in [0.717, 1.165) is 10.5 Å². The number of carboxylic acids is 1. The molecule has 0 radical (unpaired) electrons. The van der Waals surface area contributed by atoms with Crippen molar-refractivity contribution in [3.05, 3.63) is 88.6 Å². The monoisotopic (exact) mass is 446 g/mol. The van der Waals surface area contributed by atoms with Crippen LogP contribution in [0.15, 0.2) is 60.9 Å². The van der Waals surface area contributed by atoms with Crippen LogP contribution in [0.4, 0.5) is 5.69 Å². The summed E-state index contributed by atoms with van der Waals surface area (Å²) in [6, 6.07) is 14.2. The SMILES string of the molecule is O=C(O)c1c(N2C(=O)Cc3nccnc3C2=O)c2cc(Cl)ccc2n1Cc1ccccc1. The minimum Gasteiger partial charge on any atom is -0.477 e. The van der Waals surface area contributed by atoms with Crippen LogP contribution in [0.5, 0.6) is 0 Å². The summed E-state index contributed by atoms with van der Waals surface area (Å²) < 4.78 is 1.57. The molecule has 4 aromatic rings. The van der Waals surface area contributed by atoms with E-state index in [1.54, 1.807) is 22.8 Å². The molecule has 5 rings (SSSR count). The van der Waals surface area contributed by atoms with E-state index in [-0.39, 0.29) is 35.7 Å². The number of amides is 2. The number of nitrogens with zero attached hydrogens (tertiary/aromatic N) is 4. The van der Waals surface area contributed by atoms with Gasteiger partial charge in [-0.3, -0.25) is 14.6 Å². The van der Waals surface area contributed by atoms with Crippen molar-refractivity contribution in [2.45, 2.75) is 13.0 Å². The Morgan fingerprint density at radius 3 is 2.56 bits per heavy atom. The van der Waals surface area contributed by atoms with Gasteiger partial charge in [-0.15, -0.1) is 0 Å². The number of carbonyl (C=O) groups excluding carboxylic acids is 2. The topological polar surface area (TPSA) is 105 Å². The number of benzene rings is 2. The maximum Gasteiger partial charge on any atom is 0.354 e. The van der Waals surface area contributed by atoms with Gasteiger partial charge in [0, 0.05) is 29.3 Å². The van der Waals surface area contributed by atoms with Crippen molar-refractivity contribution in [2.75, 3.05) is 4.90 Å². The Balaban J connectivity index is 1.79. The molecular weight excluding hydrogens is 432 g/mol. The van der Waals surface area contributed by atoms with Gasteiger partial charge in [0.2, 0.25) is 5.91 Å². The molecule has 0 bridgehead atoms. The van der Waals surface area contributed by atoms with E-state index in [1.807, 2.05) is 30.3 Å². The van der Waals surface area contributed by atoms with E-state index >= 15 is 0 Å². The summed E-state index contributed by atoms with van der Waals surface area (Å²) in [5.41, 5.74) is 1.49. The molecule has 0 unspecified atom stereocenters. The van der Waals surface area contributed by atoms with E-state index in [4.69, 9.17) is 11.6 Å². The average Bonchev–Trinajstić information content (AvgIpc) is 3.08. The van der Waals surface area contributed by atoms with Crippen LogP contribution in [-0.2, 0) is 17.8 Å². The first kappa shape index (κ1) is 19.9. The largest absolute Gasteiger partial charge is 0.477 e. The first-order valence-corrected chi connectivity index (χ1v) is 10.1. The van der Waals surface area contributed by atoms with Crippen molar-refractivity contribution in [3.8, 4) is 0 Å². The number of hydrogen-bond donors (Lipinski definition) is 1. The fraction of sp³-hybridized carbons (Fsp3) is 0.0870. The number of aromatic carboxylic acids is 1. The summed E-state index contributed by atoms with van der Waals surface area (Å²) in [6.07, 6.45) is 2.60. The standard InChI is InChI=1S/C23H15ClN4O4/c24-14-6-7-17-15(10-14)20(21(23(31)32)27(17)12-13-4-2-1-3-5-13)28-18(29)11-16-19(22(28)30)26-9-8-25-16/h1-10H,11-12H2,(H,31,32). The van der Waals surface area contributed by atoms with Gasteiger partial charge in [-0.25, -0.2) is 14.7 Å². The normalized spacial score (nSPS) is 13.5. The first-order chi connectivity index (χ1) is 15.5. The highest BCUT2D eigenvalue weighted by Gasteiger charge is 2.39. The molecule has 0 aliphatic carbocycles. The highest BCUT2D eigenvalue weighted by atomic mass is 35.5. The van der Waals surface area contributed by atoms with Gasteiger partial charge in [-0.05, 0) is 23.8 Å². The molecule has 0 saturated heterocycles. The summed E-state index contributed by atoms with van der Waals surface area (Å²) in [6.45, 7) is 0.229. The van der Waals surface area contributed by atoms with Gasteiger partial charge in [0.05, 0.1) is 23.3 Å². The van der Waals surface area contributed by atoms with Crippen LogP contribution in [0.1, 0.15) is 32.2 Å². The van der Waals surface area contributed by atoms with Crippen LogP contribution < -0.4 is 4.90 Å². The molecule has 0 atom stereocenters. The van der Waals surface area contributed by atoms with Crippen LogP contribution in [0.3, 0.4) is 0 Å². The third-order valence-corrected chi connectivity index (χ3v) is 5.59. The van der Waals surface area contributed by atoms with Gasteiger partial charge in [-0.1, -0.05) is 41.9 Å². The Bertz CT molecular complexity index is 1410. The highest BCUT2D eigenvalue weighted by molar-refractivity contribution is 6.33. The van der Waals surface area contributed by atoms with Crippen LogP contribution in [0, 0.1) is 0 Å². The van der Waals surface area contributed by atoms with Crippen LogP contribution in [0.2, 0.25) is 5.02 Å². The molecule has 1 N–H and O–H groups in total. The summed E-state index contributed by atoms with van der Waals surface area (Å²) in [5, 5.41) is 10.9. The zero-order valence-corrected chi connectivity index (χ0v) is 17.3. The number of halogens is 1. The van der Waals surface area contributed by atoms with E-state index < -0.39 is 17.8 Å². The second kappa shape index (κ2) is 7.58. The number of fused-ring (bicyclic) bond motifs is 2. The molecule has 2 amide bonds. The molecule has 2 aromatic carbocycles. The lowest BCUT2D eigenvalue weighted by atomic mass is 10.1. The third kappa shape index (κ3) is 3.12. The van der Waals surface area contributed by atoms with Crippen LogP contribution >= 0.6 is 11.6 Å². The first-order valence-electron chi connectivity index (χ1n) is 9.72. The molecule has 8 nitrogen and oxygen atoms in total. The number of carboxylic acid groups (broad SMARTS) is 1. The zero-order chi connectivity index (χ0) is 22.4. The molecule has 158 valence electrons. The molecule has 0 saturated carbocycles. The second-order valence-corrected chi connectivity index (χ2v) is 7.73. The quantitative estimate of drug-likeness (QED) is 0.480. The highest BCUT2D eigenvalue weighted by Crippen LogP contribution is 2.38. The molecule has 1 aliphatic rings. The summed E-state index contributed by atoms with van der Waals surface area (Å²) >= 11 is 6.22. The number of carbonyl (C=O) groups is 3. The number of aromatic nitrogens is 3. The minimum atomic E-state index is -1.27. The Kier molecular flexibility index (Phi) is 4.71. The summed E-state index contributed by atoms with van der Waals surface area (Å²) in [4.78, 5) is 47.8. The van der Waals surface area contributed by atoms with Gasteiger partial charge in [0.25, 0.3) is 5.91 Å². The molecule has 0 spiro atoms. The number of imide groups is 1. The molecule has 3 heterocycles. The van der Waals surface area contributed by atoms with Crippen molar-refractivity contribution in [2.24, 2.45) is 0 Å². The van der Waals surface area contributed by atoms with Gasteiger partial charge >= 0.3 is 5.97 Å². The van der Waals surface area contributed by atoms with Crippen molar-refractivity contribution >= 4 is 46.0 Å². The molecule has 1 aliphatic heterocycles. The average molecular weight is 447 g/mol. The van der Waals surface area contributed by atoms with E-state index in [9.17, 15) is 19.5 Å². The van der Waals surface area contributed by atoms with Crippen molar-refractivity contribution in [1.82, 2.24) is 14.5 Å². The third-order valence-electron chi connectivity index (χ3n) is 5.36. The van der Waals surface area contributed by atoms with Crippen molar-refractivity contribution in [1.29, 1.82) is 0 Å². The second-order valence-electron chi connectivity index (χ2n) is 7.30. The molecule has 2 aromatic heterocycles. The minimum absolute atomic E-state index is 0.0164. The predicted octanol–water partition coefficient (Wildman–Crippen LogP) is 3.56. The molecule has 9 heteroatoms. The lowest BCUT2D eigenvalue weighted by molar-refractivity contribution is -0.117. The van der Waals surface area contributed by atoms with E-state index in [1.165, 1.54) is 12.4 Å². The molecule has 32 heavy (non-hydrogen) atoms.